The molecule has 0 radical (unpaired) electrons. The number of hydrogen-bond donors (Lipinski definition) is 1. The summed E-state index contributed by atoms with van der Waals surface area (Å²) >= 11 is 1.12. The van der Waals surface area contributed by atoms with E-state index < -0.39 is 22.8 Å². The van der Waals surface area contributed by atoms with Crippen molar-refractivity contribution in [2.75, 3.05) is 5.32 Å². The average molecular weight is 492 g/mol. The lowest BCUT2D eigenvalue weighted by Gasteiger charge is -2.13. The number of fused-ring (bicyclic) bond motifs is 3. The number of benzene rings is 3. The van der Waals surface area contributed by atoms with E-state index in [-0.39, 0.29) is 11.2 Å². The third-order valence-corrected chi connectivity index (χ3v) is 6.54. The van der Waals surface area contributed by atoms with E-state index in [1.54, 1.807) is 34.1 Å². The van der Waals surface area contributed by atoms with E-state index in [2.05, 4.69) is 15.5 Å². The van der Waals surface area contributed by atoms with Crippen molar-refractivity contribution in [2.45, 2.75) is 23.9 Å². The van der Waals surface area contributed by atoms with Gasteiger partial charge in [-0.15, -0.1) is 10.2 Å². The number of carbonyl (C=O) groups excluding carboxylic acids is 1. The summed E-state index contributed by atoms with van der Waals surface area (Å²) in [6.07, 6.45) is 0. The lowest BCUT2D eigenvalue weighted by Crippen LogP contribution is -2.25. The van der Waals surface area contributed by atoms with E-state index in [9.17, 15) is 18.4 Å². The van der Waals surface area contributed by atoms with Crippen molar-refractivity contribution >= 4 is 40.0 Å². The SMILES string of the molecule is CC(Sc1nnc2n(Cc3ccccc3)c(=O)c3ccccc3n12)C(=O)Nc1ccc(F)cc1F. The monoisotopic (exact) mass is 491 g/mol. The molecule has 2 aromatic heterocycles. The van der Waals surface area contributed by atoms with Gasteiger partial charge in [-0.25, -0.2) is 8.78 Å². The molecule has 2 heterocycles. The van der Waals surface area contributed by atoms with Gasteiger partial charge < -0.3 is 5.32 Å². The van der Waals surface area contributed by atoms with Crippen LogP contribution in [0.5, 0.6) is 0 Å². The molecule has 0 saturated carbocycles. The van der Waals surface area contributed by atoms with Crippen LogP contribution in [-0.2, 0) is 11.3 Å². The molecule has 1 unspecified atom stereocenters. The van der Waals surface area contributed by atoms with Crippen molar-refractivity contribution < 1.29 is 13.6 Å². The molecule has 0 aliphatic heterocycles. The van der Waals surface area contributed by atoms with Gasteiger partial charge in [-0.2, -0.15) is 0 Å². The number of rotatable bonds is 6. The molecule has 1 N–H and O–H groups in total. The highest BCUT2D eigenvalue weighted by molar-refractivity contribution is 8.00. The first-order chi connectivity index (χ1) is 16.9. The molecular formula is C25H19F2N5O2S. The highest BCUT2D eigenvalue weighted by Crippen LogP contribution is 2.26. The van der Waals surface area contributed by atoms with Crippen LogP contribution in [0, 0.1) is 11.6 Å². The summed E-state index contributed by atoms with van der Waals surface area (Å²) in [5, 5.41) is 11.2. The Morgan fingerprint density at radius 2 is 1.77 bits per heavy atom. The Balaban J connectivity index is 1.52. The minimum Gasteiger partial charge on any atom is -0.323 e. The molecule has 0 spiro atoms. The smallest absolute Gasteiger partial charge is 0.263 e. The Kier molecular flexibility index (Phi) is 6.04. The predicted octanol–water partition coefficient (Wildman–Crippen LogP) is 4.49. The minimum absolute atomic E-state index is 0.114. The quantitative estimate of drug-likeness (QED) is 0.354. The Hall–Kier alpha value is -4.05. The van der Waals surface area contributed by atoms with Gasteiger partial charge in [-0.05, 0) is 36.8 Å². The van der Waals surface area contributed by atoms with Crippen LogP contribution < -0.4 is 10.9 Å². The number of nitrogens with one attached hydrogen (secondary N) is 1. The van der Waals surface area contributed by atoms with Crippen LogP contribution in [0.1, 0.15) is 12.5 Å². The predicted molar refractivity (Wildman–Crippen MR) is 131 cm³/mol. The first kappa shape index (κ1) is 22.7. The van der Waals surface area contributed by atoms with Gasteiger partial charge in [0, 0.05) is 6.07 Å². The van der Waals surface area contributed by atoms with Gasteiger partial charge in [-0.3, -0.25) is 18.6 Å². The molecule has 0 bridgehead atoms. The van der Waals surface area contributed by atoms with Crippen molar-refractivity contribution in [1.82, 2.24) is 19.2 Å². The summed E-state index contributed by atoms with van der Waals surface area (Å²) in [5.74, 6) is -1.73. The van der Waals surface area contributed by atoms with Gasteiger partial charge in [0.15, 0.2) is 5.16 Å². The molecule has 3 aromatic carbocycles. The third-order valence-electron chi connectivity index (χ3n) is 5.50. The molecule has 0 saturated heterocycles. The molecular weight excluding hydrogens is 472 g/mol. The van der Waals surface area contributed by atoms with Crippen molar-refractivity contribution in [3.63, 3.8) is 0 Å². The lowest BCUT2D eigenvalue weighted by atomic mass is 10.2. The van der Waals surface area contributed by atoms with Crippen LogP contribution >= 0.6 is 11.8 Å². The maximum atomic E-state index is 14.0. The Labute approximate surface area is 202 Å². The second-order valence-electron chi connectivity index (χ2n) is 7.89. The number of halogens is 2. The summed E-state index contributed by atoms with van der Waals surface area (Å²) in [6, 6.07) is 19.6. The number of para-hydroxylation sites is 1. The average Bonchev–Trinajstić information content (AvgIpc) is 3.27. The molecule has 10 heteroatoms. The fourth-order valence-corrected chi connectivity index (χ4v) is 4.61. The fraction of sp³-hybridized carbons (Fsp3) is 0.120. The molecule has 7 nitrogen and oxygen atoms in total. The van der Waals surface area contributed by atoms with Crippen molar-refractivity contribution in [3.05, 3.63) is 100 Å². The van der Waals surface area contributed by atoms with Gasteiger partial charge in [0.1, 0.15) is 11.6 Å². The van der Waals surface area contributed by atoms with Gasteiger partial charge in [0.05, 0.1) is 28.4 Å². The normalized spacial score (nSPS) is 12.2. The summed E-state index contributed by atoms with van der Waals surface area (Å²) in [4.78, 5) is 26.0. The van der Waals surface area contributed by atoms with Crippen LogP contribution in [0.15, 0.2) is 82.7 Å². The second-order valence-corrected chi connectivity index (χ2v) is 9.19. The first-order valence-electron chi connectivity index (χ1n) is 10.8. The van der Waals surface area contributed by atoms with Crippen molar-refractivity contribution in [2.24, 2.45) is 0 Å². The van der Waals surface area contributed by atoms with E-state index in [4.69, 9.17) is 0 Å². The summed E-state index contributed by atoms with van der Waals surface area (Å²) < 4.78 is 30.4. The van der Waals surface area contributed by atoms with Crippen LogP contribution in [-0.4, -0.2) is 30.3 Å². The number of hydrogen-bond acceptors (Lipinski definition) is 5. The molecule has 5 aromatic rings. The van der Waals surface area contributed by atoms with Gasteiger partial charge in [0.25, 0.3) is 5.56 Å². The summed E-state index contributed by atoms with van der Waals surface area (Å²) in [7, 11) is 0. The maximum Gasteiger partial charge on any atom is 0.263 e. The number of carbonyl (C=O) groups is 1. The first-order valence-corrected chi connectivity index (χ1v) is 11.6. The van der Waals surface area contributed by atoms with Crippen LogP contribution in [0.4, 0.5) is 14.5 Å². The number of thioether (sulfide) groups is 1. The lowest BCUT2D eigenvalue weighted by molar-refractivity contribution is -0.115. The highest BCUT2D eigenvalue weighted by atomic mass is 32.2. The van der Waals surface area contributed by atoms with Crippen molar-refractivity contribution in [1.29, 1.82) is 0 Å². The summed E-state index contributed by atoms with van der Waals surface area (Å²) in [5.41, 5.74) is 1.23. The summed E-state index contributed by atoms with van der Waals surface area (Å²) in [6.45, 7) is 1.95. The molecule has 35 heavy (non-hydrogen) atoms. The van der Waals surface area contributed by atoms with Gasteiger partial charge in [-0.1, -0.05) is 54.2 Å². The molecule has 0 fully saturated rings. The van der Waals surface area contributed by atoms with E-state index in [1.807, 2.05) is 36.4 Å². The van der Waals surface area contributed by atoms with Crippen LogP contribution in [0.3, 0.4) is 0 Å². The molecule has 1 amide bonds. The number of nitrogens with zero attached hydrogens (tertiary/aromatic N) is 4. The number of anilines is 1. The molecule has 0 aliphatic rings. The third kappa shape index (κ3) is 4.40. The number of aromatic nitrogens is 4. The zero-order valence-corrected chi connectivity index (χ0v) is 19.3. The zero-order valence-electron chi connectivity index (χ0n) is 18.5. The Morgan fingerprint density at radius 1 is 1.03 bits per heavy atom. The van der Waals surface area contributed by atoms with E-state index >= 15 is 0 Å². The maximum absolute atomic E-state index is 14.0. The molecule has 0 aliphatic carbocycles. The van der Waals surface area contributed by atoms with Crippen LogP contribution in [0.25, 0.3) is 16.7 Å². The fourth-order valence-electron chi connectivity index (χ4n) is 3.76. The Morgan fingerprint density at radius 3 is 2.54 bits per heavy atom. The minimum atomic E-state index is -0.862. The topological polar surface area (TPSA) is 81.3 Å². The zero-order chi connectivity index (χ0) is 24.5. The van der Waals surface area contributed by atoms with Crippen LogP contribution in [0.2, 0.25) is 0 Å². The Bertz CT molecular complexity index is 1620. The molecule has 5 rings (SSSR count). The van der Waals surface area contributed by atoms with Gasteiger partial charge >= 0.3 is 0 Å². The highest BCUT2D eigenvalue weighted by Gasteiger charge is 2.22. The number of amides is 1. The van der Waals surface area contributed by atoms with Crippen molar-refractivity contribution in [3.8, 4) is 0 Å². The van der Waals surface area contributed by atoms with E-state index in [0.29, 0.717) is 34.4 Å². The molecule has 1 atom stereocenters. The van der Waals surface area contributed by atoms with E-state index in [1.165, 1.54) is 6.07 Å². The van der Waals surface area contributed by atoms with Gasteiger partial charge in [0.2, 0.25) is 11.7 Å². The second kappa shape index (κ2) is 9.30. The standard InChI is InChI=1S/C25H19F2N5O2S/c1-15(22(33)28-20-12-11-17(26)13-19(20)27)35-25-30-29-24-31(14-16-7-3-2-4-8-16)23(34)18-9-5-6-10-21(18)32(24)25/h2-13,15H,14H2,1H3,(H,28,33). The van der Waals surface area contributed by atoms with E-state index in [0.717, 1.165) is 23.4 Å². The largest absolute Gasteiger partial charge is 0.323 e. The molecule has 176 valence electrons.